The Balaban J connectivity index is 2.69. The van der Waals surface area contributed by atoms with Crippen LogP contribution in [-0.2, 0) is 14.1 Å². The van der Waals surface area contributed by atoms with Crippen LogP contribution in [0.1, 0.15) is 6.92 Å². The molecule has 6 heteroatoms. The molecule has 0 saturated carbocycles. The number of nitrogens with zero attached hydrogens (tertiary/aromatic N) is 2. The van der Waals surface area contributed by atoms with E-state index in [4.69, 9.17) is 4.74 Å². The summed E-state index contributed by atoms with van der Waals surface area (Å²) in [7, 11) is -3.59. The van der Waals surface area contributed by atoms with Crippen LogP contribution in [-0.4, -0.2) is 22.8 Å². The van der Waals surface area contributed by atoms with Crippen molar-refractivity contribution in [1.29, 1.82) is 0 Å². The first-order valence-electron chi connectivity index (χ1n) is 6.75. The second kappa shape index (κ2) is 6.99. The lowest BCUT2D eigenvalue weighted by Gasteiger charge is -2.14. The van der Waals surface area contributed by atoms with Crippen LogP contribution in [0.4, 0.5) is 0 Å². The molecule has 5 nitrogen and oxygen atoms in total. The quantitative estimate of drug-likeness (QED) is 0.279. The van der Waals surface area contributed by atoms with Gasteiger partial charge in [0.15, 0.2) is 0 Å². The van der Waals surface area contributed by atoms with Crippen LogP contribution in [0.15, 0.2) is 60.7 Å². The van der Waals surface area contributed by atoms with Gasteiger partial charge < -0.3 is 14.8 Å². The van der Waals surface area contributed by atoms with E-state index in [-0.39, 0.29) is 6.61 Å². The fourth-order valence-electron chi connectivity index (χ4n) is 2.10. The van der Waals surface area contributed by atoms with Gasteiger partial charge in [0.1, 0.15) is 0 Å². The van der Waals surface area contributed by atoms with E-state index in [1.165, 1.54) is 0 Å². The van der Waals surface area contributed by atoms with Crippen molar-refractivity contribution in [2.75, 3.05) is 6.61 Å². The fourth-order valence-corrected chi connectivity index (χ4v) is 4.52. The Kier molecular flexibility index (Phi) is 5.05. The molecule has 0 heterocycles. The molecule has 0 N–H and O–H groups in total. The molecule has 0 fully saturated rings. The summed E-state index contributed by atoms with van der Waals surface area (Å²) in [6, 6.07) is 17.0. The summed E-state index contributed by atoms with van der Waals surface area (Å²) in [5.74, 6) is -0.888. The van der Waals surface area contributed by atoms with Crippen LogP contribution in [0.2, 0.25) is 0 Å². The molecule has 0 aliphatic carbocycles. The Hall–Kier alpha value is -2.48. The Bertz CT molecular complexity index is 710. The highest BCUT2D eigenvalue weighted by molar-refractivity contribution is 7.95. The third-order valence-corrected chi connectivity index (χ3v) is 6.01. The smallest absolute Gasteiger partial charge is 0.438 e. The van der Waals surface area contributed by atoms with E-state index in [1.54, 1.807) is 67.6 Å². The number of ether oxygens (including phenoxy) is 1. The second-order valence-electron chi connectivity index (χ2n) is 4.42. The van der Waals surface area contributed by atoms with Crippen LogP contribution >= 0.6 is 7.14 Å². The van der Waals surface area contributed by atoms with Crippen molar-refractivity contribution in [2.24, 2.45) is 0 Å². The largest absolute Gasteiger partial charge is 0.457 e. The first-order chi connectivity index (χ1) is 10.6. The standard InChI is InChI=1S/C16H15N2O3P/c1-2-21-16(19)15(18-17)22(20,13-9-5-3-6-10-13)14-11-7-4-8-12-14/h3-12H,2H2,1H3. The minimum absolute atomic E-state index is 0.0986. The number of carbonyl (C=O) groups excluding carboxylic acids is 1. The minimum Gasteiger partial charge on any atom is -0.457 e. The molecule has 0 aliphatic heterocycles. The van der Waals surface area contributed by atoms with Crippen LogP contribution in [0.5, 0.6) is 0 Å². The lowest BCUT2D eigenvalue weighted by Crippen LogP contribution is -2.29. The second-order valence-corrected chi connectivity index (χ2v) is 7.10. The average molecular weight is 314 g/mol. The Morgan fingerprint density at radius 3 is 1.86 bits per heavy atom. The van der Waals surface area contributed by atoms with Crippen LogP contribution in [0, 0.1) is 0 Å². The van der Waals surface area contributed by atoms with Gasteiger partial charge in [-0.2, -0.15) is 4.79 Å². The third kappa shape index (κ3) is 2.91. The zero-order valence-electron chi connectivity index (χ0n) is 12.0. The summed E-state index contributed by atoms with van der Waals surface area (Å²) in [6.07, 6.45) is 0. The molecule has 0 aliphatic rings. The predicted octanol–water partition coefficient (Wildman–Crippen LogP) is 2.19. The van der Waals surface area contributed by atoms with E-state index in [9.17, 15) is 14.9 Å². The monoisotopic (exact) mass is 314 g/mol. The highest BCUT2D eigenvalue weighted by atomic mass is 31.2. The average Bonchev–Trinajstić information content (AvgIpc) is 2.57. The molecule has 2 aromatic rings. The summed E-state index contributed by atoms with van der Waals surface area (Å²) in [5, 5.41) is 0.809. The van der Waals surface area contributed by atoms with Crippen molar-refractivity contribution in [1.82, 2.24) is 0 Å². The highest BCUT2D eigenvalue weighted by Crippen LogP contribution is 2.44. The predicted molar refractivity (Wildman–Crippen MR) is 85.0 cm³/mol. The third-order valence-electron chi connectivity index (χ3n) is 3.09. The van der Waals surface area contributed by atoms with Crippen molar-refractivity contribution >= 4 is 29.2 Å². The van der Waals surface area contributed by atoms with Gasteiger partial charge in [-0.3, -0.25) is 0 Å². The van der Waals surface area contributed by atoms with E-state index < -0.39 is 18.6 Å². The Morgan fingerprint density at radius 2 is 1.50 bits per heavy atom. The zero-order valence-corrected chi connectivity index (χ0v) is 12.9. The summed E-state index contributed by atoms with van der Waals surface area (Å²) < 4.78 is 18.6. The molecule has 0 bridgehead atoms. The molecule has 22 heavy (non-hydrogen) atoms. The maximum atomic E-state index is 13.7. The summed E-state index contributed by atoms with van der Waals surface area (Å²) >= 11 is 0. The molecule has 0 aromatic heterocycles. The number of rotatable bonds is 5. The van der Waals surface area contributed by atoms with Crippen molar-refractivity contribution < 1.29 is 18.9 Å². The fraction of sp³-hybridized carbons (Fsp3) is 0.125. The van der Waals surface area contributed by atoms with Gasteiger partial charge in [0.2, 0.25) is 0 Å². The summed E-state index contributed by atoms with van der Waals surface area (Å²) in [4.78, 5) is 15.1. The SMILES string of the molecule is CCOC(=O)C(=[N+]=[N-])P(=O)(c1ccccc1)c1ccccc1. The Morgan fingerprint density at radius 1 is 1.05 bits per heavy atom. The highest BCUT2D eigenvalue weighted by Gasteiger charge is 2.46. The van der Waals surface area contributed by atoms with E-state index >= 15 is 0 Å². The van der Waals surface area contributed by atoms with Gasteiger partial charge in [-0.05, 0) is 6.92 Å². The lowest BCUT2D eigenvalue weighted by atomic mass is 10.4. The van der Waals surface area contributed by atoms with Crippen molar-refractivity contribution in [3.8, 4) is 0 Å². The topological polar surface area (TPSA) is 79.8 Å². The van der Waals surface area contributed by atoms with Crippen LogP contribution in [0.25, 0.3) is 5.53 Å². The molecule has 0 unspecified atom stereocenters. The van der Waals surface area contributed by atoms with Gasteiger partial charge in [-0.25, -0.2) is 4.79 Å². The van der Waals surface area contributed by atoms with Gasteiger partial charge >= 0.3 is 11.4 Å². The van der Waals surface area contributed by atoms with Gasteiger partial charge in [-0.15, -0.1) is 0 Å². The van der Waals surface area contributed by atoms with E-state index in [0.717, 1.165) is 0 Å². The first-order valence-corrected chi connectivity index (χ1v) is 8.46. The minimum atomic E-state index is -3.59. The van der Waals surface area contributed by atoms with E-state index in [2.05, 4.69) is 4.79 Å². The number of hydrogen-bond acceptors (Lipinski definition) is 3. The summed E-state index contributed by atoms with van der Waals surface area (Å²) in [5.41, 5.74) is 8.82. The summed E-state index contributed by atoms with van der Waals surface area (Å²) in [6.45, 7) is 1.73. The molecule has 0 atom stereocenters. The van der Waals surface area contributed by atoms with Gasteiger partial charge in [0.25, 0.3) is 7.14 Å². The molecule has 0 saturated heterocycles. The van der Waals surface area contributed by atoms with E-state index in [0.29, 0.717) is 10.6 Å². The van der Waals surface area contributed by atoms with Gasteiger partial charge in [0, 0.05) is 10.6 Å². The Labute approximate surface area is 128 Å². The van der Waals surface area contributed by atoms with Crippen molar-refractivity contribution in [3.63, 3.8) is 0 Å². The van der Waals surface area contributed by atoms with Gasteiger partial charge in [-0.1, -0.05) is 60.7 Å². The molecular weight excluding hydrogens is 299 g/mol. The molecule has 0 spiro atoms. The number of carbonyl (C=O) groups is 1. The maximum absolute atomic E-state index is 13.7. The zero-order chi connectivity index (χ0) is 16.0. The maximum Gasteiger partial charge on any atom is 0.438 e. The first kappa shape index (κ1) is 15.9. The van der Waals surface area contributed by atoms with Crippen LogP contribution in [0.3, 0.4) is 0 Å². The molecule has 0 radical (unpaired) electrons. The molecule has 112 valence electrons. The molecule has 2 aromatic carbocycles. The molecule has 0 amide bonds. The van der Waals surface area contributed by atoms with Crippen molar-refractivity contribution in [3.05, 3.63) is 66.2 Å². The molecule has 2 rings (SSSR count). The van der Waals surface area contributed by atoms with Gasteiger partial charge in [0.05, 0.1) is 6.61 Å². The van der Waals surface area contributed by atoms with Crippen LogP contribution < -0.4 is 10.6 Å². The molecular formula is C16H15N2O3P. The number of benzene rings is 2. The lowest BCUT2D eigenvalue weighted by molar-refractivity contribution is -0.138. The number of hydrogen-bond donors (Lipinski definition) is 0. The van der Waals surface area contributed by atoms with Crippen molar-refractivity contribution in [2.45, 2.75) is 6.92 Å². The number of esters is 1. The normalized spacial score (nSPS) is 10.6. The van der Waals surface area contributed by atoms with E-state index in [1.807, 2.05) is 0 Å².